The molecule has 26 heavy (non-hydrogen) atoms. The predicted molar refractivity (Wildman–Crippen MR) is 102 cm³/mol. The normalized spacial score (nSPS) is 12.1. The Morgan fingerprint density at radius 1 is 1.42 bits per heavy atom. The van der Waals surface area contributed by atoms with E-state index in [2.05, 4.69) is 20.5 Å². The van der Waals surface area contributed by atoms with Crippen molar-refractivity contribution in [2.75, 3.05) is 7.11 Å². The average Bonchev–Trinajstić information content (AvgIpc) is 3.30. The molecular weight excluding hydrogens is 348 g/mol. The number of nitrogens with one attached hydrogen (secondary N) is 2. The van der Waals surface area contributed by atoms with Gasteiger partial charge in [0.2, 0.25) is 0 Å². The van der Waals surface area contributed by atoms with E-state index in [-0.39, 0.29) is 11.9 Å². The SMILES string of the molecule is CCC(NC(=O)c1cccc(-c2c(COC)n[nH]c2C)c1)c1nccs1. The molecule has 2 N–H and O–H groups in total. The van der Waals surface area contributed by atoms with Crippen molar-refractivity contribution in [3.05, 3.63) is 57.8 Å². The Kier molecular flexibility index (Phi) is 5.80. The maximum absolute atomic E-state index is 12.7. The molecule has 1 unspecified atom stereocenters. The summed E-state index contributed by atoms with van der Waals surface area (Å²) in [6.07, 6.45) is 2.55. The van der Waals surface area contributed by atoms with Gasteiger partial charge < -0.3 is 10.1 Å². The number of aromatic nitrogens is 3. The minimum atomic E-state index is -0.108. The number of amides is 1. The van der Waals surface area contributed by atoms with Gasteiger partial charge >= 0.3 is 0 Å². The lowest BCUT2D eigenvalue weighted by molar-refractivity contribution is 0.0935. The Bertz CT molecular complexity index is 874. The Morgan fingerprint density at radius 3 is 2.96 bits per heavy atom. The van der Waals surface area contributed by atoms with E-state index in [9.17, 15) is 4.79 Å². The summed E-state index contributed by atoms with van der Waals surface area (Å²) in [6, 6.07) is 7.49. The van der Waals surface area contributed by atoms with Crippen LogP contribution in [0.2, 0.25) is 0 Å². The Hall–Kier alpha value is -2.51. The summed E-state index contributed by atoms with van der Waals surface area (Å²) in [5, 5.41) is 13.2. The molecule has 1 amide bonds. The van der Waals surface area contributed by atoms with Gasteiger partial charge in [-0.2, -0.15) is 5.10 Å². The first kappa shape index (κ1) is 18.3. The zero-order chi connectivity index (χ0) is 18.5. The Labute approximate surface area is 156 Å². The number of carbonyl (C=O) groups is 1. The molecule has 0 aliphatic heterocycles. The molecule has 2 aromatic heterocycles. The van der Waals surface area contributed by atoms with E-state index in [4.69, 9.17) is 4.74 Å². The van der Waals surface area contributed by atoms with E-state index in [1.807, 2.05) is 43.5 Å². The van der Waals surface area contributed by atoms with Gasteiger partial charge in [0.05, 0.1) is 18.3 Å². The molecule has 7 heteroatoms. The molecule has 0 saturated carbocycles. The zero-order valence-corrected chi connectivity index (χ0v) is 15.9. The number of ether oxygens (including phenoxy) is 1. The van der Waals surface area contributed by atoms with E-state index in [1.54, 1.807) is 24.6 Å². The van der Waals surface area contributed by atoms with Crippen molar-refractivity contribution >= 4 is 17.2 Å². The van der Waals surface area contributed by atoms with E-state index >= 15 is 0 Å². The number of nitrogens with zero attached hydrogens (tertiary/aromatic N) is 2. The number of carbonyl (C=O) groups excluding carboxylic acids is 1. The third kappa shape index (κ3) is 3.84. The van der Waals surface area contributed by atoms with Crippen molar-refractivity contribution < 1.29 is 9.53 Å². The molecule has 0 radical (unpaired) electrons. The second kappa shape index (κ2) is 8.25. The summed E-state index contributed by atoms with van der Waals surface area (Å²) in [7, 11) is 1.64. The Morgan fingerprint density at radius 2 is 2.27 bits per heavy atom. The molecule has 1 atom stereocenters. The molecule has 0 aliphatic rings. The third-order valence-electron chi connectivity index (χ3n) is 4.18. The molecule has 0 fully saturated rings. The standard InChI is InChI=1S/C19H22N4O2S/c1-4-15(19-20-8-9-26-19)21-18(24)14-7-5-6-13(10-14)17-12(2)22-23-16(17)11-25-3/h5-10,15H,4,11H2,1-3H3,(H,21,24)(H,22,23). The summed E-state index contributed by atoms with van der Waals surface area (Å²) in [4.78, 5) is 17.1. The van der Waals surface area contributed by atoms with Crippen molar-refractivity contribution in [2.24, 2.45) is 0 Å². The first-order valence-electron chi connectivity index (χ1n) is 8.47. The van der Waals surface area contributed by atoms with Gasteiger partial charge in [-0.25, -0.2) is 4.98 Å². The number of hydrogen-bond acceptors (Lipinski definition) is 5. The number of rotatable bonds is 7. The largest absolute Gasteiger partial charge is 0.378 e. The van der Waals surface area contributed by atoms with Crippen LogP contribution in [-0.2, 0) is 11.3 Å². The highest BCUT2D eigenvalue weighted by molar-refractivity contribution is 7.09. The molecule has 0 spiro atoms. The minimum absolute atomic E-state index is 0.0779. The maximum Gasteiger partial charge on any atom is 0.251 e. The van der Waals surface area contributed by atoms with E-state index in [0.717, 1.165) is 33.9 Å². The number of benzene rings is 1. The van der Waals surface area contributed by atoms with E-state index in [1.165, 1.54) is 0 Å². The van der Waals surface area contributed by atoms with Gasteiger partial charge in [-0.15, -0.1) is 11.3 Å². The lowest BCUT2D eigenvalue weighted by atomic mass is 10.0. The number of methoxy groups -OCH3 is 1. The van der Waals surface area contributed by atoms with Crippen LogP contribution in [0.5, 0.6) is 0 Å². The highest BCUT2D eigenvalue weighted by atomic mass is 32.1. The number of H-pyrrole nitrogens is 1. The molecule has 0 saturated heterocycles. The molecule has 3 aromatic rings. The molecule has 1 aromatic carbocycles. The van der Waals surface area contributed by atoms with Crippen LogP contribution in [0.1, 0.15) is 46.1 Å². The number of aryl methyl sites for hydroxylation is 1. The summed E-state index contributed by atoms with van der Waals surface area (Å²) < 4.78 is 5.22. The van der Waals surface area contributed by atoms with Crippen LogP contribution in [0.15, 0.2) is 35.8 Å². The van der Waals surface area contributed by atoms with Crippen LogP contribution in [0.4, 0.5) is 0 Å². The van der Waals surface area contributed by atoms with Gasteiger partial charge in [0, 0.05) is 35.5 Å². The molecule has 2 heterocycles. The van der Waals surface area contributed by atoms with Crippen molar-refractivity contribution in [3.8, 4) is 11.1 Å². The topological polar surface area (TPSA) is 79.9 Å². The maximum atomic E-state index is 12.7. The van der Waals surface area contributed by atoms with Gasteiger partial charge in [0.1, 0.15) is 5.01 Å². The zero-order valence-electron chi connectivity index (χ0n) is 15.1. The number of thiazole rings is 1. The molecule has 6 nitrogen and oxygen atoms in total. The van der Waals surface area contributed by atoms with Gasteiger partial charge in [-0.05, 0) is 31.0 Å². The van der Waals surface area contributed by atoms with E-state index in [0.29, 0.717) is 12.2 Å². The van der Waals surface area contributed by atoms with Gasteiger partial charge in [0.15, 0.2) is 0 Å². The average molecular weight is 370 g/mol. The van der Waals surface area contributed by atoms with E-state index < -0.39 is 0 Å². The minimum Gasteiger partial charge on any atom is -0.378 e. The highest BCUT2D eigenvalue weighted by Crippen LogP contribution is 2.27. The summed E-state index contributed by atoms with van der Waals surface area (Å²) >= 11 is 1.55. The quantitative estimate of drug-likeness (QED) is 0.662. The van der Waals surface area contributed by atoms with Gasteiger partial charge in [-0.1, -0.05) is 19.1 Å². The lowest BCUT2D eigenvalue weighted by Crippen LogP contribution is -2.28. The fourth-order valence-corrected chi connectivity index (χ4v) is 3.68. The summed E-state index contributed by atoms with van der Waals surface area (Å²) in [6.45, 7) is 4.41. The molecule has 3 rings (SSSR count). The van der Waals surface area contributed by atoms with Crippen LogP contribution in [0.25, 0.3) is 11.1 Å². The summed E-state index contributed by atoms with van der Waals surface area (Å²) in [5.74, 6) is -0.108. The number of aromatic amines is 1. The van der Waals surface area contributed by atoms with Crippen LogP contribution in [-0.4, -0.2) is 28.2 Å². The van der Waals surface area contributed by atoms with Crippen molar-refractivity contribution in [3.63, 3.8) is 0 Å². The molecule has 0 bridgehead atoms. The van der Waals surface area contributed by atoms with Crippen LogP contribution in [0, 0.1) is 6.92 Å². The fraction of sp³-hybridized carbons (Fsp3) is 0.316. The highest BCUT2D eigenvalue weighted by Gasteiger charge is 2.18. The monoisotopic (exact) mass is 370 g/mol. The molecule has 136 valence electrons. The fourth-order valence-electron chi connectivity index (χ4n) is 2.91. The summed E-state index contributed by atoms with van der Waals surface area (Å²) in [5.41, 5.74) is 4.31. The Balaban J connectivity index is 1.85. The van der Waals surface area contributed by atoms with Crippen LogP contribution < -0.4 is 5.32 Å². The molecular formula is C19H22N4O2S. The second-order valence-corrected chi connectivity index (χ2v) is 6.91. The molecule has 0 aliphatic carbocycles. The van der Waals surface area contributed by atoms with Crippen LogP contribution >= 0.6 is 11.3 Å². The van der Waals surface area contributed by atoms with Crippen molar-refractivity contribution in [2.45, 2.75) is 32.9 Å². The van der Waals surface area contributed by atoms with Gasteiger partial charge in [0.25, 0.3) is 5.91 Å². The van der Waals surface area contributed by atoms with Crippen molar-refractivity contribution in [1.82, 2.24) is 20.5 Å². The first-order valence-corrected chi connectivity index (χ1v) is 9.35. The number of hydrogen-bond donors (Lipinski definition) is 2. The van der Waals surface area contributed by atoms with Crippen molar-refractivity contribution in [1.29, 1.82) is 0 Å². The second-order valence-electron chi connectivity index (χ2n) is 5.99. The third-order valence-corrected chi connectivity index (χ3v) is 5.07. The van der Waals surface area contributed by atoms with Crippen LogP contribution in [0.3, 0.4) is 0 Å². The smallest absolute Gasteiger partial charge is 0.251 e. The van der Waals surface area contributed by atoms with Gasteiger partial charge in [-0.3, -0.25) is 9.89 Å². The lowest BCUT2D eigenvalue weighted by Gasteiger charge is -2.15. The first-order chi connectivity index (χ1) is 12.6. The predicted octanol–water partition coefficient (Wildman–Crippen LogP) is 3.87.